The van der Waals surface area contributed by atoms with Gasteiger partial charge in [0, 0.05) is 19.0 Å². The average molecular weight is 414 g/mol. The fourth-order valence-corrected chi connectivity index (χ4v) is 3.13. The molecule has 3 rings (SSSR count). The molecule has 0 bridgehead atoms. The lowest BCUT2D eigenvalue weighted by Gasteiger charge is -2.12. The molecule has 160 valence electrons. The van der Waals surface area contributed by atoms with Crippen molar-refractivity contribution in [1.29, 1.82) is 0 Å². The number of rotatable bonds is 8. The molecule has 1 aliphatic rings. The number of urea groups is 1. The second-order valence-corrected chi connectivity index (χ2v) is 7.00. The minimum atomic E-state index is -0.615. The molecule has 1 aliphatic carbocycles. The van der Waals surface area contributed by atoms with Crippen LogP contribution >= 0.6 is 0 Å². The predicted octanol–water partition coefficient (Wildman–Crippen LogP) is 2.25. The molecule has 4 amide bonds. The third kappa shape index (κ3) is 6.84. The van der Waals surface area contributed by atoms with Crippen LogP contribution in [0.5, 0.6) is 5.75 Å². The quantitative estimate of drug-likeness (QED) is 0.494. The molecule has 9 heteroatoms. The number of para-hydroxylation sites is 1. The summed E-state index contributed by atoms with van der Waals surface area (Å²) in [6.07, 6.45) is 4.49. The molecule has 4 N–H and O–H groups in total. The zero-order chi connectivity index (χ0) is 21.2. The van der Waals surface area contributed by atoms with Gasteiger partial charge in [0.1, 0.15) is 18.1 Å². The highest BCUT2D eigenvalue weighted by molar-refractivity contribution is 5.92. The van der Waals surface area contributed by atoms with E-state index in [4.69, 9.17) is 9.15 Å². The van der Waals surface area contributed by atoms with Crippen molar-refractivity contribution >= 4 is 17.8 Å². The maximum Gasteiger partial charge on any atom is 0.333 e. The topological polar surface area (TPSA) is 122 Å². The number of carbonyl (C=O) groups excluding carboxylic acids is 3. The van der Waals surface area contributed by atoms with Crippen LogP contribution in [0.1, 0.15) is 48.4 Å². The summed E-state index contributed by atoms with van der Waals surface area (Å²) in [5.74, 6) is 0.511. The van der Waals surface area contributed by atoms with Crippen molar-refractivity contribution in [2.24, 2.45) is 0 Å². The molecule has 0 saturated heterocycles. The minimum Gasteiger partial charge on any atom is -0.486 e. The molecular weight excluding hydrogens is 388 g/mol. The summed E-state index contributed by atoms with van der Waals surface area (Å²) in [7, 11) is 0. The van der Waals surface area contributed by atoms with Gasteiger partial charge in [-0.1, -0.05) is 31.0 Å². The van der Waals surface area contributed by atoms with Crippen LogP contribution in [0.2, 0.25) is 0 Å². The third-order valence-corrected chi connectivity index (χ3v) is 4.66. The SMILES string of the molecule is O=C(CCNC(=O)NNC(=O)c1ccc(COc2ccccc2)o1)NC1CCCC1. The van der Waals surface area contributed by atoms with E-state index in [2.05, 4.69) is 21.5 Å². The molecule has 1 fully saturated rings. The zero-order valence-corrected chi connectivity index (χ0v) is 16.6. The van der Waals surface area contributed by atoms with Crippen LogP contribution in [-0.4, -0.2) is 30.4 Å². The van der Waals surface area contributed by atoms with E-state index < -0.39 is 11.9 Å². The van der Waals surface area contributed by atoms with E-state index >= 15 is 0 Å². The van der Waals surface area contributed by atoms with Gasteiger partial charge >= 0.3 is 11.9 Å². The Morgan fingerprint density at radius 1 is 1.00 bits per heavy atom. The third-order valence-electron chi connectivity index (χ3n) is 4.66. The van der Waals surface area contributed by atoms with Crippen molar-refractivity contribution in [2.75, 3.05) is 6.54 Å². The Bertz CT molecular complexity index is 846. The Balaban J connectivity index is 1.31. The van der Waals surface area contributed by atoms with Crippen LogP contribution in [0, 0.1) is 0 Å². The number of ether oxygens (including phenoxy) is 1. The normalized spacial score (nSPS) is 13.5. The van der Waals surface area contributed by atoms with Crippen molar-refractivity contribution in [3.63, 3.8) is 0 Å². The molecule has 9 nitrogen and oxygen atoms in total. The van der Waals surface area contributed by atoms with Crippen molar-refractivity contribution < 1.29 is 23.5 Å². The Morgan fingerprint density at radius 2 is 1.77 bits per heavy atom. The molecular formula is C21H26N4O5. The van der Waals surface area contributed by atoms with E-state index in [9.17, 15) is 14.4 Å². The van der Waals surface area contributed by atoms with Crippen LogP contribution in [0.15, 0.2) is 46.9 Å². The average Bonchev–Trinajstić information content (AvgIpc) is 3.43. The first-order valence-electron chi connectivity index (χ1n) is 10.0. The van der Waals surface area contributed by atoms with Gasteiger partial charge in [-0.05, 0) is 37.1 Å². The Morgan fingerprint density at radius 3 is 2.53 bits per heavy atom. The van der Waals surface area contributed by atoms with Gasteiger partial charge in [0.25, 0.3) is 0 Å². The number of nitrogens with one attached hydrogen (secondary N) is 4. The molecule has 1 saturated carbocycles. The maximum atomic E-state index is 12.1. The molecule has 1 aromatic heterocycles. The van der Waals surface area contributed by atoms with Gasteiger partial charge in [-0.2, -0.15) is 0 Å². The van der Waals surface area contributed by atoms with Gasteiger partial charge in [0.05, 0.1) is 0 Å². The lowest BCUT2D eigenvalue weighted by molar-refractivity contribution is -0.121. The molecule has 30 heavy (non-hydrogen) atoms. The van der Waals surface area contributed by atoms with Gasteiger partial charge in [0.15, 0.2) is 5.76 Å². The molecule has 0 radical (unpaired) electrons. The van der Waals surface area contributed by atoms with E-state index in [1.807, 2.05) is 30.3 Å². The fraction of sp³-hybridized carbons (Fsp3) is 0.381. The Hall–Kier alpha value is -3.49. The van der Waals surface area contributed by atoms with Crippen LogP contribution in [0.3, 0.4) is 0 Å². The Kier molecular flexibility index (Phi) is 7.71. The zero-order valence-electron chi connectivity index (χ0n) is 16.6. The molecule has 1 heterocycles. The molecule has 2 aromatic rings. The van der Waals surface area contributed by atoms with E-state index in [-0.39, 0.29) is 37.3 Å². The lowest BCUT2D eigenvalue weighted by Crippen LogP contribution is -2.47. The summed E-state index contributed by atoms with van der Waals surface area (Å²) < 4.78 is 11.0. The smallest absolute Gasteiger partial charge is 0.333 e. The van der Waals surface area contributed by atoms with Crippen molar-refractivity contribution in [2.45, 2.75) is 44.8 Å². The van der Waals surface area contributed by atoms with Crippen molar-refractivity contribution in [1.82, 2.24) is 21.5 Å². The number of furan rings is 1. The molecule has 0 aliphatic heterocycles. The van der Waals surface area contributed by atoms with Crippen molar-refractivity contribution in [3.05, 3.63) is 54.0 Å². The summed E-state index contributed by atoms with van der Waals surface area (Å²) in [5.41, 5.74) is 4.47. The largest absolute Gasteiger partial charge is 0.486 e. The molecule has 1 aromatic carbocycles. The highest BCUT2D eigenvalue weighted by Crippen LogP contribution is 2.17. The number of hydrogen-bond acceptors (Lipinski definition) is 5. The maximum absolute atomic E-state index is 12.1. The van der Waals surface area contributed by atoms with Gasteiger partial charge in [-0.15, -0.1) is 0 Å². The van der Waals surface area contributed by atoms with Crippen LogP contribution in [0.4, 0.5) is 4.79 Å². The molecule has 0 unspecified atom stereocenters. The molecule has 0 spiro atoms. The first kappa shape index (κ1) is 21.2. The number of benzene rings is 1. The number of amides is 4. The molecule has 0 atom stereocenters. The second-order valence-electron chi connectivity index (χ2n) is 7.00. The van der Waals surface area contributed by atoms with E-state index in [1.54, 1.807) is 6.07 Å². The van der Waals surface area contributed by atoms with E-state index in [1.165, 1.54) is 6.07 Å². The summed E-state index contributed by atoms with van der Waals surface area (Å²) in [4.78, 5) is 35.6. The standard InChI is InChI=1S/C21H26N4O5/c26-19(23-15-6-4-5-7-15)12-13-22-21(28)25-24-20(27)18-11-10-17(30-18)14-29-16-8-2-1-3-9-16/h1-3,8-11,15H,4-7,12-14H2,(H,23,26)(H,24,27)(H2,22,25,28). The van der Waals surface area contributed by atoms with Gasteiger partial charge in [-0.25, -0.2) is 10.2 Å². The van der Waals surface area contributed by atoms with E-state index in [0.29, 0.717) is 11.5 Å². The van der Waals surface area contributed by atoms with Gasteiger partial charge in [-0.3, -0.25) is 15.0 Å². The Labute approximate surface area is 174 Å². The summed E-state index contributed by atoms with van der Waals surface area (Å²) in [6, 6.07) is 12.0. The first-order chi connectivity index (χ1) is 14.6. The first-order valence-corrected chi connectivity index (χ1v) is 10.0. The predicted molar refractivity (Wildman–Crippen MR) is 108 cm³/mol. The number of hydrazine groups is 1. The number of carbonyl (C=O) groups is 3. The van der Waals surface area contributed by atoms with Crippen molar-refractivity contribution in [3.8, 4) is 5.75 Å². The summed E-state index contributed by atoms with van der Waals surface area (Å²) >= 11 is 0. The highest BCUT2D eigenvalue weighted by Gasteiger charge is 2.17. The highest BCUT2D eigenvalue weighted by atomic mass is 16.5. The monoisotopic (exact) mass is 414 g/mol. The summed E-state index contributed by atoms with van der Waals surface area (Å²) in [5, 5.41) is 5.46. The van der Waals surface area contributed by atoms with Crippen LogP contribution < -0.4 is 26.2 Å². The summed E-state index contributed by atoms with van der Waals surface area (Å²) in [6.45, 7) is 0.343. The minimum absolute atomic E-state index is 0.0397. The second kappa shape index (κ2) is 10.9. The van der Waals surface area contributed by atoms with E-state index in [0.717, 1.165) is 25.7 Å². The van der Waals surface area contributed by atoms with Crippen LogP contribution in [0.25, 0.3) is 0 Å². The van der Waals surface area contributed by atoms with Crippen LogP contribution in [-0.2, 0) is 11.4 Å². The van der Waals surface area contributed by atoms with Gasteiger partial charge < -0.3 is 19.8 Å². The lowest BCUT2D eigenvalue weighted by atomic mass is 10.2. The van der Waals surface area contributed by atoms with Gasteiger partial charge in [0.2, 0.25) is 5.91 Å². The fourth-order valence-electron chi connectivity index (χ4n) is 3.13. The number of hydrogen-bond donors (Lipinski definition) is 4.